The van der Waals surface area contributed by atoms with Crippen LogP contribution >= 0.6 is 0 Å². The standard InChI is InChI=1S/C14H14F3N7O/c1-23-12-9(10(22-23)14(15,16)17)11(20-21-12)19-13(25)7-3-5-24-8(6-7)2-4-18-24/h2,4,7H,3,5-6H2,1H3,(H2,19,20,21,25). The van der Waals surface area contributed by atoms with Crippen LogP contribution in [-0.4, -0.2) is 35.7 Å². The number of carbonyl (C=O) groups is 1. The Bertz CT molecular complexity index is 952. The van der Waals surface area contributed by atoms with Gasteiger partial charge in [0.1, 0.15) is 5.82 Å². The molecule has 0 aliphatic carbocycles. The highest BCUT2D eigenvalue weighted by molar-refractivity contribution is 6.01. The minimum Gasteiger partial charge on any atom is -0.310 e. The summed E-state index contributed by atoms with van der Waals surface area (Å²) in [7, 11) is 1.37. The van der Waals surface area contributed by atoms with E-state index in [-0.39, 0.29) is 28.7 Å². The zero-order chi connectivity index (χ0) is 17.8. The third-order valence-electron chi connectivity index (χ3n) is 4.38. The third-order valence-corrected chi connectivity index (χ3v) is 4.38. The van der Waals surface area contributed by atoms with Crippen molar-refractivity contribution in [3.8, 4) is 0 Å². The largest absolute Gasteiger partial charge is 0.435 e. The monoisotopic (exact) mass is 353 g/mol. The number of carbonyl (C=O) groups excluding carboxylic acids is 1. The summed E-state index contributed by atoms with van der Waals surface area (Å²) >= 11 is 0. The van der Waals surface area contributed by atoms with E-state index in [1.54, 1.807) is 6.20 Å². The number of anilines is 1. The van der Waals surface area contributed by atoms with Crippen LogP contribution in [0.25, 0.3) is 11.0 Å². The van der Waals surface area contributed by atoms with E-state index in [4.69, 9.17) is 0 Å². The number of alkyl halides is 3. The molecule has 1 unspecified atom stereocenters. The number of hydrogen-bond acceptors (Lipinski definition) is 4. The van der Waals surface area contributed by atoms with Gasteiger partial charge < -0.3 is 5.32 Å². The lowest BCUT2D eigenvalue weighted by Gasteiger charge is -2.22. The number of halogens is 3. The highest BCUT2D eigenvalue weighted by atomic mass is 19.4. The first-order chi connectivity index (χ1) is 11.8. The Kier molecular flexibility index (Phi) is 3.34. The quantitative estimate of drug-likeness (QED) is 0.733. The Balaban J connectivity index is 1.62. The van der Waals surface area contributed by atoms with Crippen molar-refractivity contribution in [2.45, 2.75) is 25.6 Å². The van der Waals surface area contributed by atoms with Crippen LogP contribution in [-0.2, 0) is 31.0 Å². The number of nitrogens with zero attached hydrogens (tertiary/aromatic N) is 5. The number of rotatable bonds is 2. The zero-order valence-corrected chi connectivity index (χ0v) is 13.1. The number of H-pyrrole nitrogens is 1. The molecule has 1 aliphatic heterocycles. The second-order valence-corrected chi connectivity index (χ2v) is 5.99. The Morgan fingerprint density at radius 2 is 2.24 bits per heavy atom. The van der Waals surface area contributed by atoms with Crippen molar-refractivity contribution in [2.75, 3.05) is 5.32 Å². The van der Waals surface area contributed by atoms with E-state index < -0.39 is 11.9 Å². The van der Waals surface area contributed by atoms with Gasteiger partial charge in [-0.25, -0.2) is 4.68 Å². The van der Waals surface area contributed by atoms with Gasteiger partial charge in [-0.2, -0.15) is 28.5 Å². The van der Waals surface area contributed by atoms with E-state index in [2.05, 4.69) is 25.7 Å². The van der Waals surface area contributed by atoms with Gasteiger partial charge in [0, 0.05) is 37.8 Å². The smallest absolute Gasteiger partial charge is 0.310 e. The fraction of sp³-hybridized carbons (Fsp3) is 0.429. The van der Waals surface area contributed by atoms with E-state index in [1.807, 2.05) is 10.7 Å². The number of aromatic amines is 1. The molecular weight excluding hydrogens is 339 g/mol. The van der Waals surface area contributed by atoms with Crippen molar-refractivity contribution in [3.05, 3.63) is 23.7 Å². The summed E-state index contributed by atoms with van der Waals surface area (Å²) in [5, 5.41) is 16.2. The molecular formula is C14H14F3N7O. The maximum atomic E-state index is 13.2. The van der Waals surface area contributed by atoms with Crippen molar-refractivity contribution in [1.82, 2.24) is 29.8 Å². The lowest BCUT2D eigenvalue weighted by Crippen LogP contribution is -2.30. The Labute approximate surface area is 139 Å². The number of amides is 1. The van der Waals surface area contributed by atoms with Crippen LogP contribution in [0.1, 0.15) is 17.8 Å². The first-order valence-corrected chi connectivity index (χ1v) is 7.64. The topological polar surface area (TPSA) is 93.4 Å². The predicted octanol–water partition coefficient (Wildman–Crippen LogP) is 1.71. The minimum absolute atomic E-state index is 0.0318. The summed E-state index contributed by atoms with van der Waals surface area (Å²) in [6.45, 7) is 0.597. The number of nitrogens with one attached hydrogen (secondary N) is 2. The summed E-state index contributed by atoms with van der Waals surface area (Å²) in [5.41, 5.74) is -0.112. The summed E-state index contributed by atoms with van der Waals surface area (Å²) in [4.78, 5) is 12.5. The number of hydrogen-bond donors (Lipinski definition) is 2. The fourth-order valence-electron chi connectivity index (χ4n) is 3.14. The lowest BCUT2D eigenvalue weighted by molar-refractivity contribution is -0.140. The molecule has 3 aromatic rings. The van der Waals surface area contributed by atoms with Gasteiger partial charge in [0.25, 0.3) is 0 Å². The van der Waals surface area contributed by atoms with Crippen LogP contribution in [0, 0.1) is 5.92 Å². The Hall–Kier alpha value is -2.85. The first-order valence-electron chi connectivity index (χ1n) is 7.64. The van der Waals surface area contributed by atoms with Crippen molar-refractivity contribution < 1.29 is 18.0 Å². The van der Waals surface area contributed by atoms with Crippen LogP contribution < -0.4 is 5.32 Å². The number of aromatic nitrogens is 6. The Morgan fingerprint density at radius 1 is 1.44 bits per heavy atom. The van der Waals surface area contributed by atoms with Crippen LogP contribution in [0.15, 0.2) is 12.3 Å². The van der Waals surface area contributed by atoms with Crippen molar-refractivity contribution in [2.24, 2.45) is 13.0 Å². The van der Waals surface area contributed by atoms with Crippen molar-refractivity contribution in [3.63, 3.8) is 0 Å². The van der Waals surface area contributed by atoms with Gasteiger partial charge in [0.2, 0.25) is 5.91 Å². The molecule has 11 heteroatoms. The van der Waals surface area contributed by atoms with E-state index >= 15 is 0 Å². The van der Waals surface area contributed by atoms with Crippen molar-refractivity contribution >= 4 is 22.8 Å². The molecule has 0 bridgehead atoms. The van der Waals surface area contributed by atoms with Gasteiger partial charge in [0.15, 0.2) is 11.3 Å². The highest BCUT2D eigenvalue weighted by Crippen LogP contribution is 2.36. The van der Waals surface area contributed by atoms with E-state index in [9.17, 15) is 18.0 Å². The summed E-state index contributed by atoms with van der Waals surface area (Å²) < 4.78 is 42.4. The van der Waals surface area contributed by atoms with Crippen LogP contribution in [0.4, 0.5) is 19.0 Å². The lowest BCUT2D eigenvalue weighted by atomic mass is 9.95. The second-order valence-electron chi connectivity index (χ2n) is 5.99. The second kappa shape index (κ2) is 5.33. The summed E-state index contributed by atoms with van der Waals surface area (Å²) in [5.74, 6) is -0.775. The van der Waals surface area contributed by atoms with Gasteiger partial charge in [-0.15, -0.1) is 0 Å². The van der Waals surface area contributed by atoms with Crippen LogP contribution in [0.3, 0.4) is 0 Å². The fourth-order valence-corrected chi connectivity index (χ4v) is 3.14. The molecule has 1 atom stereocenters. The molecule has 1 aliphatic rings. The van der Waals surface area contributed by atoms with Gasteiger partial charge >= 0.3 is 6.18 Å². The third kappa shape index (κ3) is 2.55. The average molecular weight is 353 g/mol. The molecule has 4 heterocycles. The summed E-state index contributed by atoms with van der Waals surface area (Å²) in [6, 6.07) is 1.83. The number of aryl methyl sites for hydroxylation is 2. The average Bonchev–Trinajstić information content (AvgIpc) is 3.23. The van der Waals surface area contributed by atoms with E-state index in [0.717, 1.165) is 10.4 Å². The van der Waals surface area contributed by atoms with Gasteiger partial charge in [-0.05, 0) is 12.5 Å². The molecule has 0 radical (unpaired) electrons. The van der Waals surface area contributed by atoms with E-state index in [0.29, 0.717) is 19.4 Å². The SMILES string of the molecule is Cn1nc(C(F)(F)F)c2c(NC(=O)C3CCn4nccc4C3)[nH]nc21. The molecule has 132 valence electrons. The summed E-state index contributed by atoms with van der Waals surface area (Å²) in [6.07, 6.45) is -1.92. The predicted molar refractivity (Wildman–Crippen MR) is 80.5 cm³/mol. The molecule has 0 aromatic carbocycles. The molecule has 0 saturated heterocycles. The molecule has 4 rings (SSSR count). The molecule has 3 aromatic heterocycles. The van der Waals surface area contributed by atoms with Crippen LogP contribution in [0.5, 0.6) is 0 Å². The zero-order valence-electron chi connectivity index (χ0n) is 13.1. The molecule has 25 heavy (non-hydrogen) atoms. The Morgan fingerprint density at radius 3 is 3.00 bits per heavy atom. The van der Waals surface area contributed by atoms with E-state index in [1.165, 1.54) is 7.05 Å². The molecule has 1 amide bonds. The number of fused-ring (bicyclic) bond motifs is 2. The maximum absolute atomic E-state index is 13.2. The van der Waals surface area contributed by atoms with Crippen molar-refractivity contribution in [1.29, 1.82) is 0 Å². The first kappa shape index (κ1) is 15.7. The van der Waals surface area contributed by atoms with Gasteiger partial charge in [0.05, 0.1) is 5.39 Å². The molecule has 2 N–H and O–H groups in total. The van der Waals surface area contributed by atoms with Gasteiger partial charge in [-0.3, -0.25) is 14.6 Å². The highest BCUT2D eigenvalue weighted by Gasteiger charge is 2.39. The normalized spacial score (nSPS) is 17.7. The maximum Gasteiger partial charge on any atom is 0.435 e. The molecule has 0 fully saturated rings. The van der Waals surface area contributed by atoms with Crippen LogP contribution in [0.2, 0.25) is 0 Å². The minimum atomic E-state index is -4.64. The molecule has 0 spiro atoms. The molecule has 8 nitrogen and oxygen atoms in total. The van der Waals surface area contributed by atoms with Gasteiger partial charge in [-0.1, -0.05) is 0 Å². The molecule has 0 saturated carbocycles.